The van der Waals surface area contributed by atoms with E-state index in [2.05, 4.69) is 10.3 Å². The fourth-order valence-electron chi connectivity index (χ4n) is 1.84. The zero-order valence-corrected chi connectivity index (χ0v) is 11.1. The monoisotopic (exact) mass is 279 g/mol. The molecule has 6 heteroatoms. The molecular weight excluding hydrogens is 266 g/mol. The van der Waals surface area contributed by atoms with Crippen molar-refractivity contribution in [1.29, 1.82) is 0 Å². The zero-order chi connectivity index (χ0) is 13.8. The van der Waals surface area contributed by atoms with Gasteiger partial charge < -0.3 is 15.0 Å². The van der Waals surface area contributed by atoms with Gasteiger partial charge in [0.15, 0.2) is 0 Å². The second kappa shape index (κ2) is 5.75. The summed E-state index contributed by atoms with van der Waals surface area (Å²) in [5.41, 5.74) is 0.731. The van der Waals surface area contributed by atoms with Gasteiger partial charge in [-0.05, 0) is 25.1 Å². The molecule has 2 rings (SSSR count). The number of aromatic carboxylic acids is 1. The topological polar surface area (TPSA) is 67.2 Å². The maximum absolute atomic E-state index is 11.1. The molecule has 5 nitrogen and oxygen atoms in total. The van der Waals surface area contributed by atoms with E-state index in [1.807, 2.05) is 17.7 Å². The van der Waals surface area contributed by atoms with E-state index in [0.717, 1.165) is 0 Å². The van der Waals surface area contributed by atoms with Gasteiger partial charge in [-0.3, -0.25) is 0 Å². The van der Waals surface area contributed by atoms with Gasteiger partial charge in [0, 0.05) is 30.0 Å². The Morgan fingerprint density at radius 1 is 1.58 bits per heavy atom. The van der Waals surface area contributed by atoms with Crippen molar-refractivity contribution in [3.05, 3.63) is 47.5 Å². The minimum Gasteiger partial charge on any atom is -0.478 e. The number of imidazole rings is 1. The number of anilines is 1. The third kappa shape index (κ3) is 3.48. The Hall–Kier alpha value is -2.01. The molecule has 0 radical (unpaired) electrons. The lowest BCUT2D eigenvalue weighted by atomic mass is 10.1. The summed E-state index contributed by atoms with van der Waals surface area (Å²) in [4.78, 5) is 15.1. The van der Waals surface area contributed by atoms with Crippen LogP contribution in [-0.4, -0.2) is 26.7 Å². The Bertz CT molecular complexity index is 569. The van der Waals surface area contributed by atoms with Crippen LogP contribution < -0.4 is 5.32 Å². The van der Waals surface area contributed by atoms with Crippen molar-refractivity contribution in [3.8, 4) is 0 Å². The number of rotatable bonds is 5. The molecule has 1 atom stereocenters. The average Bonchev–Trinajstić information content (AvgIpc) is 2.81. The van der Waals surface area contributed by atoms with Crippen LogP contribution in [0.15, 0.2) is 36.9 Å². The number of nitrogens with one attached hydrogen (secondary N) is 1. The standard InChI is InChI=1S/C13H14ClN3O2/c1-9(7-17-5-4-15-8-17)16-12-6-10(14)2-3-11(12)13(18)19/h2-6,8-9,16H,7H2,1H3,(H,18,19). The molecule has 19 heavy (non-hydrogen) atoms. The van der Waals surface area contributed by atoms with E-state index in [0.29, 0.717) is 17.3 Å². The zero-order valence-electron chi connectivity index (χ0n) is 10.4. The molecule has 2 N–H and O–H groups in total. The van der Waals surface area contributed by atoms with Crippen LogP contribution in [0.3, 0.4) is 0 Å². The van der Waals surface area contributed by atoms with Crippen molar-refractivity contribution < 1.29 is 9.90 Å². The van der Waals surface area contributed by atoms with Gasteiger partial charge >= 0.3 is 5.97 Å². The number of carboxylic acids is 1. The van der Waals surface area contributed by atoms with E-state index < -0.39 is 5.97 Å². The van der Waals surface area contributed by atoms with Crippen LogP contribution in [0.4, 0.5) is 5.69 Å². The van der Waals surface area contributed by atoms with Crippen molar-refractivity contribution in [2.75, 3.05) is 5.32 Å². The van der Waals surface area contributed by atoms with Crippen LogP contribution in [0.1, 0.15) is 17.3 Å². The van der Waals surface area contributed by atoms with E-state index in [-0.39, 0.29) is 11.6 Å². The first-order chi connectivity index (χ1) is 9.06. The molecule has 0 aliphatic carbocycles. The van der Waals surface area contributed by atoms with Crippen LogP contribution in [-0.2, 0) is 6.54 Å². The number of carbonyl (C=O) groups is 1. The molecule has 0 saturated heterocycles. The highest BCUT2D eigenvalue weighted by Gasteiger charge is 2.12. The Kier molecular flexibility index (Phi) is 4.06. The number of benzene rings is 1. The van der Waals surface area contributed by atoms with Gasteiger partial charge in [-0.15, -0.1) is 0 Å². The van der Waals surface area contributed by atoms with E-state index >= 15 is 0 Å². The van der Waals surface area contributed by atoms with Gasteiger partial charge in [-0.1, -0.05) is 11.6 Å². The lowest BCUT2D eigenvalue weighted by molar-refractivity contribution is 0.0698. The smallest absolute Gasteiger partial charge is 0.337 e. The molecule has 1 unspecified atom stereocenters. The fraction of sp³-hybridized carbons (Fsp3) is 0.231. The number of hydrogen-bond acceptors (Lipinski definition) is 3. The number of hydrogen-bond donors (Lipinski definition) is 2. The van der Waals surface area contributed by atoms with Crippen molar-refractivity contribution in [2.24, 2.45) is 0 Å². The highest BCUT2D eigenvalue weighted by atomic mass is 35.5. The Morgan fingerprint density at radius 3 is 3.00 bits per heavy atom. The quantitative estimate of drug-likeness (QED) is 0.883. The van der Waals surface area contributed by atoms with Crippen LogP contribution in [0.2, 0.25) is 5.02 Å². The van der Waals surface area contributed by atoms with Gasteiger partial charge in [0.25, 0.3) is 0 Å². The van der Waals surface area contributed by atoms with E-state index in [1.54, 1.807) is 24.7 Å². The van der Waals surface area contributed by atoms with Crippen LogP contribution in [0, 0.1) is 0 Å². The van der Waals surface area contributed by atoms with E-state index in [1.165, 1.54) is 6.07 Å². The fourth-order valence-corrected chi connectivity index (χ4v) is 2.02. The third-order valence-electron chi connectivity index (χ3n) is 2.66. The highest BCUT2D eigenvalue weighted by molar-refractivity contribution is 6.31. The molecular formula is C13H14ClN3O2. The normalized spacial score (nSPS) is 12.1. The Labute approximate surface area is 115 Å². The molecule has 0 fully saturated rings. The molecule has 100 valence electrons. The minimum absolute atomic E-state index is 0.0470. The summed E-state index contributed by atoms with van der Waals surface area (Å²) in [5.74, 6) is -0.978. The molecule has 1 heterocycles. The van der Waals surface area contributed by atoms with Crippen molar-refractivity contribution >= 4 is 23.3 Å². The van der Waals surface area contributed by atoms with Gasteiger partial charge in [0.2, 0.25) is 0 Å². The van der Waals surface area contributed by atoms with Gasteiger partial charge in [0.05, 0.1) is 17.6 Å². The number of nitrogens with zero attached hydrogens (tertiary/aromatic N) is 2. The first-order valence-electron chi connectivity index (χ1n) is 5.81. The lowest BCUT2D eigenvalue weighted by Gasteiger charge is -2.17. The van der Waals surface area contributed by atoms with E-state index in [4.69, 9.17) is 16.7 Å². The van der Waals surface area contributed by atoms with Crippen LogP contribution >= 0.6 is 11.6 Å². The first-order valence-corrected chi connectivity index (χ1v) is 6.19. The Morgan fingerprint density at radius 2 is 2.37 bits per heavy atom. The predicted octanol–water partition coefficient (Wildman–Crippen LogP) is 2.74. The van der Waals surface area contributed by atoms with Gasteiger partial charge in [0.1, 0.15) is 0 Å². The summed E-state index contributed by atoms with van der Waals surface area (Å²) in [7, 11) is 0. The summed E-state index contributed by atoms with van der Waals surface area (Å²) in [6.45, 7) is 2.65. The Balaban J connectivity index is 2.13. The van der Waals surface area contributed by atoms with E-state index in [9.17, 15) is 4.79 Å². The summed E-state index contributed by atoms with van der Waals surface area (Å²) in [6.07, 6.45) is 5.28. The predicted molar refractivity (Wildman–Crippen MR) is 73.7 cm³/mol. The molecule has 0 amide bonds. The van der Waals surface area contributed by atoms with Crippen molar-refractivity contribution in [2.45, 2.75) is 19.5 Å². The molecule has 0 spiro atoms. The second-order valence-corrected chi connectivity index (χ2v) is 4.74. The molecule has 2 aromatic rings. The largest absolute Gasteiger partial charge is 0.478 e. The maximum atomic E-state index is 11.1. The van der Waals surface area contributed by atoms with Crippen molar-refractivity contribution in [1.82, 2.24) is 9.55 Å². The molecule has 0 saturated carbocycles. The SMILES string of the molecule is CC(Cn1ccnc1)Nc1cc(Cl)ccc1C(=O)O. The highest BCUT2D eigenvalue weighted by Crippen LogP contribution is 2.22. The van der Waals surface area contributed by atoms with Gasteiger partial charge in [-0.2, -0.15) is 0 Å². The first kappa shape index (κ1) is 13.4. The number of carboxylic acid groups (broad SMARTS) is 1. The summed E-state index contributed by atoms with van der Waals surface area (Å²) < 4.78 is 1.92. The summed E-state index contributed by atoms with van der Waals surface area (Å²) in [5, 5.41) is 12.8. The van der Waals surface area contributed by atoms with Crippen molar-refractivity contribution in [3.63, 3.8) is 0 Å². The van der Waals surface area contributed by atoms with Gasteiger partial charge in [-0.25, -0.2) is 9.78 Å². The lowest BCUT2D eigenvalue weighted by Crippen LogP contribution is -2.22. The molecule has 0 aliphatic heterocycles. The summed E-state index contributed by atoms with van der Waals surface area (Å²) in [6, 6.07) is 4.73. The molecule has 0 aliphatic rings. The third-order valence-corrected chi connectivity index (χ3v) is 2.89. The van der Waals surface area contributed by atoms with Crippen LogP contribution in [0.5, 0.6) is 0 Å². The maximum Gasteiger partial charge on any atom is 0.337 e. The number of aromatic nitrogens is 2. The minimum atomic E-state index is -0.978. The second-order valence-electron chi connectivity index (χ2n) is 4.30. The van der Waals surface area contributed by atoms with Crippen LogP contribution in [0.25, 0.3) is 0 Å². The number of halogens is 1. The summed E-state index contributed by atoms with van der Waals surface area (Å²) >= 11 is 5.90. The average molecular weight is 280 g/mol. The molecule has 0 bridgehead atoms. The molecule has 1 aromatic heterocycles. The molecule has 1 aromatic carbocycles.